The molecule has 4 aromatic carbocycles. The summed E-state index contributed by atoms with van der Waals surface area (Å²) in [5.41, 5.74) is 14.3. The topological polar surface area (TPSA) is 191 Å². The number of carboxylic acid groups (broad SMARTS) is 1. The lowest BCUT2D eigenvalue weighted by Crippen LogP contribution is -2.62. The van der Waals surface area contributed by atoms with E-state index in [-0.39, 0.29) is 28.4 Å². The summed E-state index contributed by atoms with van der Waals surface area (Å²) >= 11 is 11.9. The molecule has 10 aromatic rings. The highest BCUT2D eigenvalue weighted by atomic mass is 35.5. The zero-order valence-electron chi connectivity index (χ0n) is 48.2. The van der Waals surface area contributed by atoms with Crippen LogP contribution in [0.5, 0.6) is 11.5 Å². The van der Waals surface area contributed by atoms with E-state index in [2.05, 4.69) is 69.5 Å². The van der Waals surface area contributed by atoms with Crippen molar-refractivity contribution < 1.29 is 50.5 Å². The zero-order chi connectivity index (χ0) is 62.6. The minimum atomic E-state index is -4.68. The number of hydrogen-bond acceptors (Lipinski definition) is 13. The number of carboxylic acids is 1. The van der Waals surface area contributed by atoms with Crippen molar-refractivity contribution in [2.45, 2.75) is 96.3 Å². The van der Waals surface area contributed by atoms with Crippen molar-refractivity contribution in [2.24, 2.45) is 16.6 Å². The number of aromatic nitrogens is 8. The molecule has 2 saturated carbocycles. The van der Waals surface area contributed by atoms with E-state index in [9.17, 15) is 35.9 Å². The van der Waals surface area contributed by atoms with Crippen LogP contribution in [0, 0.1) is 10.8 Å². The van der Waals surface area contributed by atoms with E-state index in [1.165, 1.54) is 47.3 Å². The van der Waals surface area contributed by atoms with Gasteiger partial charge in [-0.2, -0.15) is 0 Å². The van der Waals surface area contributed by atoms with Crippen LogP contribution in [0.25, 0.3) is 33.4 Å². The van der Waals surface area contributed by atoms with Gasteiger partial charge in [0.1, 0.15) is 28.8 Å². The molecule has 6 aromatic heterocycles. The van der Waals surface area contributed by atoms with Crippen LogP contribution in [-0.2, 0) is 25.8 Å². The fourth-order valence-corrected chi connectivity index (χ4v) is 13.3. The SMILES string of the molecule is CCc1nc2ncc(Cl)cn2c1C(=O)CCc1ccc2nc(N3CC4(CC(c5ccc(OC(F)(F)F)cc5)C4)C3)ccc2c1.CCc1nc2ncc(Cl)cn2c1C(=O)O.NCc1ccc2nc(N3CC4(CC(c5ccc(OC(F)(F)F)cc5)C4)C3)ccc2c1. The van der Waals surface area contributed by atoms with Crippen LogP contribution in [0.1, 0.15) is 112 Å². The number of pyridine rings is 2. The highest BCUT2D eigenvalue weighted by Crippen LogP contribution is 2.58. The van der Waals surface area contributed by atoms with Crippen LogP contribution in [0.4, 0.5) is 38.0 Å². The average Bonchev–Trinajstić information content (AvgIpc) is 1.59. The number of benzene rings is 4. The van der Waals surface area contributed by atoms with Gasteiger partial charge in [0.25, 0.3) is 0 Å². The summed E-state index contributed by atoms with van der Waals surface area (Å²) in [5.74, 6) is 2.12. The van der Waals surface area contributed by atoms with Crippen molar-refractivity contribution in [3.63, 3.8) is 0 Å². The van der Waals surface area contributed by atoms with E-state index in [1.54, 1.807) is 34.9 Å². The van der Waals surface area contributed by atoms with Crippen LogP contribution >= 0.6 is 23.2 Å². The molecular formula is C65H59Cl2F6N11O5. The molecule has 0 atom stereocenters. The molecule has 4 fully saturated rings. The first-order valence-electron chi connectivity index (χ1n) is 29.1. The lowest BCUT2D eigenvalue weighted by Gasteiger charge is -2.59. The second kappa shape index (κ2) is 24.1. The zero-order valence-corrected chi connectivity index (χ0v) is 49.7. The first-order valence-corrected chi connectivity index (χ1v) is 29.8. The van der Waals surface area contributed by atoms with Crippen LogP contribution in [-0.4, -0.2) is 94.5 Å². The number of ether oxygens (including phenoxy) is 2. The van der Waals surface area contributed by atoms with Crippen molar-refractivity contribution >= 4 is 80.0 Å². The predicted molar refractivity (Wildman–Crippen MR) is 325 cm³/mol. The number of carbonyl (C=O) groups is 2. The number of anilines is 2. The molecule has 460 valence electrons. The number of nitrogens with two attached hydrogens (primary N) is 1. The second-order valence-electron chi connectivity index (χ2n) is 23.4. The number of ketones is 1. The Morgan fingerprint density at radius 2 is 1.02 bits per heavy atom. The molecule has 0 bridgehead atoms. The first kappa shape index (κ1) is 60.7. The minimum absolute atomic E-state index is 0.00409. The Bertz CT molecular complexity index is 4290. The van der Waals surface area contributed by atoms with Gasteiger partial charge in [0.05, 0.1) is 44.9 Å². The van der Waals surface area contributed by atoms with E-state index < -0.39 is 18.7 Å². The number of aromatic carboxylic acids is 1. The molecule has 0 unspecified atom stereocenters. The third kappa shape index (κ3) is 13.1. The molecule has 89 heavy (non-hydrogen) atoms. The van der Waals surface area contributed by atoms with Gasteiger partial charge in [0.2, 0.25) is 11.6 Å². The number of imidazole rings is 2. The van der Waals surface area contributed by atoms with E-state index >= 15 is 0 Å². The van der Waals surface area contributed by atoms with Crippen molar-refractivity contribution in [2.75, 3.05) is 36.0 Å². The Kier molecular flexibility index (Phi) is 16.4. The Balaban J connectivity index is 0.000000146. The van der Waals surface area contributed by atoms with Gasteiger partial charge < -0.3 is 30.1 Å². The fourth-order valence-electron chi connectivity index (χ4n) is 13.0. The number of alkyl halides is 6. The largest absolute Gasteiger partial charge is 0.573 e. The first-order chi connectivity index (χ1) is 42.5. The van der Waals surface area contributed by atoms with Crippen LogP contribution in [0.15, 0.2) is 134 Å². The van der Waals surface area contributed by atoms with E-state index in [0.29, 0.717) is 82.5 Å². The molecule has 2 saturated heterocycles. The molecule has 8 heterocycles. The van der Waals surface area contributed by atoms with E-state index in [1.807, 2.05) is 44.2 Å². The monoisotopic (exact) mass is 1260 g/mol. The van der Waals surface area contributed by atoms with Gasteiger partial charge in [0.15, 0.2) is 11.5 Å². The Morgan fingerprint density at radius 1 is 0.596 bits per heavy atom. The Labute approximate surface area is 516 Å². The van der Waals surface area contributed by atoms with Crippen LogP contribution in [0.2, 0.25) is 10.0 Å². The maximum absolute atomic E-state index is 13.3. The minimum Gasteiger partial charge on any atom is -0.477 e. The van der Waals surface area contributed by atoms with Gasteiger partial charge in [-0.15, -0.1) is 26.3 Å². The van der Waals surface area contributed by atoms with Crippen LogP contribution < -0.4 is 25.0 Å². The molecular weight excluding hydrogens is 1200 g/mol. The highest BCUT2D eigenvalue weighted by molar-refractivity contribution is 6.30. The van der Waals surface area contributed by atoms with Crippen LogP contribution in [0.3, 0.4) is 0 Å². The summed E-state index contributed by atoms with van der Waals surface area (Å²) in [4.78, 5) is 55.4. The molecule has 2 aliphatic heterocycles. The molecule has 4 aliphatic rings. The molecule has 14 rings (SSSR count). The summed E-state index contributed by atoms with van der Waals surface area (Å²) in [6.45, 7) is 8.11. The van der Waals surface area contributed by atoms with Crippen molar-refractivity contribution in [3.8, 4) is 11.5 Å². The number of aryl methyl sites for hydroxylation is 3. The third-order valence-electron chi connectivity index (χ3n) is 17.2. The second-order valence-corrected chi connectivity index (χ2v) is 24.3. The molecule has 0 radical (unpaired) electrons. The fraction of sp³-hybridized carbons (Fsp3) is 0.323. The maximum Gasteiger partial charge on any atom is 0.573 e. The summed E-state index contributed by atoms with van der Waals surface area (Å²) in [6, 6.07) is 33.0. The van der Waals surface area contributed by atoms with Gasteiger partial charge in [-0.1, -0.05) is 73.4 Å². The molecule has 0 amide bonds. The average molecular weight is 1260 g/mol. The number of nitrogens with zero attached hydrogens (tertiary/aromatic N) is 10. The Hall–Kier alpha value is -8.60. The van der Waals surface area contributed by atoms with E-state index in [4.69, 9.17) is 44.0 Å². The van der Waals surface area contributed by atoms with Crippen molar-refractivity contribution in [3.05, 3.63) is 189 Å². The number of carbonyl (C=O) groups excluding carboxylic acids is 1. The molecule has 3 N–H and O–H groups in total. The summed E-state index contributed by atoms with van der Waals surface area (Å²) in [6.07, 6.45) is 3.05. The maximum atomic E-state index is 13.3. The number of fused-ring (bicyclic) bond motifs is 4. The number of halogens is 8. The molecule has 2 aliphatic carbocycles. The van der Waals surface area contributed by atoms with E-state index in [0.717, 1.165) is 113 Å². The summed E-state index contributed by atoms with van der Waals surface area (Å²) < 4.78 is 85.2. The lowest BCUT2D eigenvalue weighted by atomic mass is 9.56. The molecule has 16 nitrogen and oxygen atoms in total. The molecule has 24 heteroatoms. The van der Waals surface area contributed by atoms with Gasteiger partial charge in [0, 0.05) is 73.1 Å². The summed E-state index contributed by atoms with van der Waals surface area (Å²) in [7, 11) is 0. The number of hydrogen-bond donors (Lipinski definition) is 2. The predicted octanol–water partition coefficient (Wildman–Crippen LogP) is 14.2. The Morgan fingerprint density at radius 3 is 1.45 bits per heavy atom. The van der Waals surface area contributed by atoms with Gasteiger partial charge >= 0.3 is 18.7 Å². The molecule has 2 spiro atoms. The van der Waals surface area contributed by atoms with Gasteiger partial charge in [-0.3, -0.25) is 13.6 Å². The highest BCUT2D eigenvalue weighted by Gasteiger charge is 2.54. The normalized spacial score (nSPS) is 16.1. The van der Waals surface area contributed by atoms with Crippen molar-refractivity contribution in [1.29, 1.82) is 0 Å². The number of Topliss-reactive ketones (excluding diaryl/α,β-unsaturated/α-hetero) is 1. The lowest BCUT2D eigenvalue weighted by molar-refractivity contribution is -0.275. The number of rotatable bonds is 14. The standard InChI is InChI=1S/C33H29ClF3N5O2.C23H22F3N3O.C9H8ClN3O2/c1-2-26-30(42-17-24(34)16-38-31(42)40-26)28(43)11-4-20-3-10-27-22(13-20)7-12-29(39-27)41-18-32(19-41)14-23(15-32)21-5-8-25(9-6-21)44-33(35,36)37;24-23(25,26)30-19-5-2-16(3-6-19)18-10-22(11-18)13-29(14-22)21-8-4-17-9-15(12-27)1-7-20(17)28-21;1-2-6-7(8(14)15)13-4-5(10)3-11-9(13)12-6/h3,5-10,12-13,16-17,23H,2,4,11,14-15,18-19H2,1H3;1-9,18H,10-14,27H2;3-4H,2H2,1H3,(H,14,15). The van der Waals surface area contributed by atoms with Gasteiger partial charge in [-0.05, 0) is 152 Å². The smallest absolute Gasteiger partial charge is 0.477 e. The third-order valence-corrected chi connectivity index (χ3v) is 17.6. The van der Waals surface area contributed by atoms with Gasteiger partial charge in [-0.25, -0.2) is 34.7 Å². The summed E-state index contributed by atoms with van der Waals surface area (Å²) in [5, 5.41) is 12.0. The van der Waals surface area contributed by atoms with Crippen molar-refractivity contribution in [1.82, 2.24) is 38.7 Å². The quantitative estimate of drug-likeness (QED) is 0.0772.